The van der Waals surface area contributed by atoms with Crippen molar-refractivity contribution in [3.63, 3.8) is 0 Å². The highest BCUT2D eigenvalue weighted by molar-refractivity contribution is 5.83. The molecule has 5 nitrogen and oxygen atoms in total. The van der Waals surface area contributed by atoms with E-state index in [1.165, 1.54) is 30.4 Å². The number of fused-ring (bicyclic) bond motifs is 4. The number of hydrogen-bond donors (Lipinski definition) is 1. The summed E-state index contributed by atoms with van der Waals surface area (Å²) >= 11 is 0. The molecule has 2 unspecified atom stereocenters. The van der Waals surface area contributed by atoms with Gasteiger partial charge in [0.2, 0.25) is 11.8 Å². The number of carbonyl (C=O) groups excluding carboxylic acids is 2. The van der Waals surface area contributed by atoms with Crippen LogP contribution >= 0.6 is 0 Å². The van der Waals surface area contributed by atoms with E-state index in [2.05, 4.69) is 58.7 Å². The predicted molar refractivity (Wildman–Crippen MR) is 130 cm³/mol. The van der Waals surface area contributed by atoms with Crippen LogP contribution in [0.5, 0.6) is 0 Å². The summed E-state index contributed by atoms with van der Waals surface area (Å²) in [6.45, 7) is 3.01. The Morgan fingerprint density at radius 2 is 1.48 bits per heavy atom. The molecule has 174 valence electrons. The van der Waals surface area contributed by atoms with Crippen LogP contribution in [0.25, 0.3) is 0 Å². The van der Waals surface area contributed by atoms with Gasteiger partial charge in [-0.1, -0.05) is 67.1 Å². The van der Waals surface area contributed by atoms with Crippen molar-refractivity contribution in [3.05, 3.63) is 71.8 Å². The fourth-order valence-electron chi connectivity index (χ4n) is 6.44. The molecule has 2 amide bonds. The second-order valence-electron chi connectivity index (χ2n) is 10.2. The van der Waals surface area contributed by atoms with Crippen LogP contribution in [-0.4, -0.2) is 60.4 Å². The lowest BCUT2D eigenvalue weighted by Gasteiger charge is -2.50. The van der Waals surface area contributed by atoms with Gasteiger partial charge in [-0.25, -0.2) is 0 Å². The second-order valence-corrected chi connectivity index (χ2v) is 10.2. The van der Waals surface area contributed by atoms with Gasteiger partial charge in [-0.2, -0.15) is 0 Å². The average Bonchev–Trinajstić information content (AvgIpc) is 3.11. The number of nitrogens with zero attached hydrogens (tertiary/aromatic N) is 2. The molecule has 4 fully saturated rings. The first-order chi connectivity index (χ1) is 16.1. The molecular weight excluding hydrogens is 410 g/mol. The fraction of sp³-hybridized carbons (Fsp3) is 0.500. The van der Waals surface area contributed by atoms with Crippen LogP contribution in [0.1, 0.15) is 55.1 Å². The highest BCUT2D eigenvalue weighted by Gasteiger charge is 2.55. The van der Waals surface area contributed by atoms with Crippen molar-refractivity contribution in [1.82, 2.24) is 15.1 Å². The van der Waals surface area contributed by atoms with E-state index in [1.54, 1.807) is 0 Å². The molecule has 3 aliphatic heterocycles. The monoisotopic (exact) mass is 445 g/mol. The topological polar surface area (TPSA) is 52.7 Å². The van der Waals surface area contributed by atoms with Crippen LogP contribution in [0.15, 0.2) is 60.7 Å². The first-order valence-corrected chi connectivity index (χ1v) is 12.4. The number of amides is 2. The fourth-order valence-corrected chi connectivity index (χ4v) is 6.44. The summed E-state index contributed by atoms with van der Waals surface area (Å²) in [6.07, 6.45) is 5.23. The number of carbonyl (C=O) groups is 2. The molecule has 5 heteroatoms. The Kier molecular flexibility index (Phi) is 6.24. The van der Waals surface area contributed by atoms with Crippen LogP contribution in [0.3, 0.4) is 0 Å². The van der Waals surface area contributed by atoms with Gasteiger partial charge in [0.15, 0.2) is 0 Å². The van der Waals surface area contributed by atoms with Gasteiger partial charge in [-0.15, -0.1) is 0 Å². The third-order valence-corrected chi connectivity index (χ3v) is 8.31. The molecule has 3 heterocycles. The molecule has 33 heavy (non-hydrogen) atoms. The lowest BCUT2D eigenvalue weighted by molar-refractivity contribution is -0.138. The molecule has 4 aliphatic rings. The molecule has 0 radical (unpaired) electrons. The van der Waals surface area contributed by atoms with Gasteiger partial charge in [-0.05, 0) is 61.7 Å². The third-order valence-electron chi connectivity index (χ3n) is 8.31. The standard InChI is InChI=1S/C28H35N3O2/c1-30(25(32)19-31-15-9-4-10-16-31)28-17-23(21-11-5-2-6-12-21)26(27(33)29-20-28)24(18-28)22-13-7-3-8-14-22/h2-3,5-8,11-14,23-24,26H,4,9-10,15-20H2,1H3,(H,29,33). The Morgan fingerprint density at radius 3 is 2.03 bits per heavy atom. The minimum Gasteiger partial charge on any atom is -0.353 e. The quantitative estimate of drug-likeness (QED) is 0.762. The molecule has 0 spiro atoms. The zero-order valence-electron chi connectivity index (χ0n) is 19.6. The molecule has 6 rings (SSSR count). The van der Waals surface area contributed by atoms with E-state index in [-0.39, 0.29) is 29.6 Å². The van der Waals surface area contributed by atoms with Crippen LogP contribution in [-0.2, 0) is 9.59 Å². The Morgan fingerprint density at radius 1 is 0.939 bits per heavy atom. The summed E-state index contributed by atoms with van der Waals surface area (Å²) in [5, 5.41) is 3.24. The number of likely N-dealkylation sites (N-methyl/N-ethyl adjacent to an activating group) is 1. The smallest absolute Gasteiger partial charge is 0.237 e. The van der Waals surface area contributed by atoms with E-state index in [4.69, 9.17) is 0 Å². The number of benzene rings is 2. The number of piperidine rings is 1. The van der Waals surface area contributed by atoms with Crippen molar-refractivity contribution in [2.45, 2.75) is 49.5 Å². The van der Waals surface area contributed by atoms with Crippen LogP contribution in [0.4, 0.5) is 0 Å². The van der Waals surface area contributed by atoms with Crippen molar-refractivity contribution < 1.29 is 9.59 Å². The SMILES string of the molecule is CN(C(=O)CN1CCCCC1)C12CNC(=O)C(C(c3ccccc3)C1)C(c1ccccc1)C2. The lowest BCUT2D eigenvalue weighted by atomic mass is 9.61. The van der Waals surface area contributed by atoms with E-state index in [0.717, 1.165) is 25.9 Å². The predicted octanol–water partition coefficient (Wildman–Crippen LogP) is 3.78. The highest BCUT2D eigenvalue weighted by atomic mass is 16.2. The normalized spacial score (nSPS) is 29.8. The summed E-state index contributed by atoms with van der Waals surface area (Å²) in [5.41, 5.74) is 2.00. The number of hydrogen-bond acceptors (Lipinski definition) is 3. The average molecular weight is 446 g/mol. The number of rotatable bonds is 5. The largest absolute Gasteiger partial charge is 0.353 e. The van der Waals surface area contributed by atoms with Crippen LogP contribution < -0.4 is 5.32 Å². The van der Waals surface area contributed by atoms with Gasteiger partial charge in [0.05, 0.1) is 18.0 Å². The molecule has 2 bridgehead atoms. The van der Waals surface area contributed by atoms with Gasteiger partial charge >= 0.3 is 0 Å². The van der Waals surface area contributed by atoms with Gasteiger partial charge in [0, 0.05) is 13.6 Å². The summed E-state index contributed by atoms with van der Waals surface area (Å²) in [5.74, 6) is 0.325. The molecule has 2 aromatic rings. The number of nitrogens with one attached hydrogen (secondary N) is 1. The Labute approximate surface area is 197 Å². The maximum atomic E-state index is 13.5. The summed E-state index contributed by atoms with van der Waals surface area (Å²) in [4.78, 5) is 31.3. The summed E-state index contributed by atoms with van der Waals surface area (Å²) < 4.78 is 0. The van der Waals surface area contributed by atoms with Gasteiger partial charge in [0.25, 0.3) is 0 Å². The summed E-state index contributed by atoms with van der Waals surface area (Å²) in [6, 6.07) is 20.8. The van der Waals surface area contributed by atoms with Crippen molar-refractivity contribution in [2.24, 2.45) is 5.92 Å². The van der Waals surface area contributed by atoms with Crippen molar-refractivity contribution in [1.29, 1.82) is 0 Å². The van der Waals surface area contributed by atoms with Crippen molar-refractivity contribution >= 4 is 11.8 Å². The lowest BCUT2D eigenvalue weighted by Crippen LogP contribution is -2.58. The number of likely N-dealkylation sites (tertiary alicyclic amines) is 1. The van der Waals surface area contributed by atoms with E-state index in [1.807, 2.05) is 24.1 Å². The first-order valence-electron chi connectivity index (χ1n) is 12.4. The molecule has 2 aromatic carbocycles. The molecule has 1 aliphatic carbocycles. The van der Waals surface area contributed by atoms with Gasteiger partial charge < -0.3 is 10.2 Å². The van der Waals surface area contributed by atoms with E-state index in [0.29, 0.717) is 13.1 Å². The Hall–Kier alpha value is -2.66. The Balaban J connectivity index is 1.51. The minimum absolute atomic E-state index is 0.0814. The van der Waals surface area contributed by atoms with E-state index < -0.39 is 5.54 Å². The maximum Gasteiger partial charge on any atom is 0.237 e. The zero-order chi connectivity index (χ0) is 22.8. The zero-order valence-corrected chi connectivity index (χ0v) is 19.6. The van der Waals surface area contributed by atoms with E-state index >= 15 is 0 Å². The van der Waals surface area contributed by atoms with Crippen LogP contribution in [0, 0.1) is 5.92 Å². The highest BCUT2D eigenvalue weighted by Crippen LogP contribution is 2.53. The van der Waals surface area contributed by atoms with Gasteiger partial charge in [-0.3, -0.25) is 14.5 Å². The summed E-state index contributed by atoms with van der Waals surface area (Å²) in [7, 11) is 1.97. The Bertz CT molecular complexity index is 922. The molecule has 1 N–H and O–H groups in total. The molecule has 3 saturated heterocycles. The van der Waals surface area contributed by atoms with Crippen molar-refractivity contribution in [2.75, 3.05) is 33.2 Å². The second kappa shape index (κ2) is 9.30. The minimum atomic E-state index is -0.392. The molecular formula is C28H35N3O2. The third kappa shape index (κ3) is 4.31. The van der Waals surface area contributed by atoms with Gasteiger partial charge in [0.1, 0.15) is 0 Å². The van der Waals surface area contributed by atoms with Crippen LogP contribution in [0.2, 0.25) is 0 Å². The first kappa shape index (κ1) is 22.1. The van der Waals surface area contributed by atoms with Crippen molar-refractivity contribution in [3.8, 4) is 0 Å². The maximum absolute atomic E-state index is 13.5. The molecule has 1 saturated carbocycles. The van der Waals surface area contributed by atoms with E-state index in [9.17, 15) is 9.59 Å². The molecule has 0 aromatic heterocycles. The molecule has 2 atom stereocenters.